The van der Waals surface area contributed by atoms with E-state index in [0.29, 0.717) is 60.0 Å². The number of nitrogens with one attached hydrogen (secondary N) is 2. The molecule has 4 heterocycles. The fourth-order valence-corrected chi connectivity index (χ4v) is 9.33. The average molecular weight is 1100 g/mol. The Hall–Kier alpha value is -4.12. The van der Waals surface area contributed by atoms with Gasteiger partial charge in [0.15, 0.2) is 23.1 Å². The second-order valence-corrected chi connectivity index (χ2v) is 18.8. The van der Waals surface area contributed by atoms with Gasteiger partial charge in [0.1, 0.15) is 78.5 Å². The molecule has 0 bridgehead atoms. The van der Waals surface area contributed by atoms with Crippen LogP contribution >= 0.6 is 12.2 Å². The molecule has 0 unspecified atom stereocenters. The summed E-state index contributed by atoms with van der Waals surface area (Å²) in [6, 6.07) is 11.5. The van der Waals surface area contributed by atoms with Crippen molar-refractivity contribution in [3.8, 4) is 28.2 Å². The van der Waals surface area contributed by atoms with Crippen LogP contribution in [0.5, 0.6) is 5.75 Å². The van der Waals surface area contributed by atoms with Crippen LogP contribution in [-0.2, 0) is 33.2 Å². The van der Waals surface area contributed by atoms with Crippen LogP contribution in [-0.4, -0.2) is 209 Å². The summed E-state index contributed by atoms with van der Waals surface area (Å²) in [5.74, 6) is -6.01. The molecule has 5 aliphatic rings. The Labute approximate surface area is 459 Å². The number of carboxylic acids is 2. The molecular weight excluding hydrogens is 1040 g/mol. The van der Waals surface area contributed by atoms with E-state index in [1.54, 1.807) is 24.3 Å². The molecule has 4 aliphatic heterocycles. The summed E-state index contributed by atoms with van der Waals surface area (Å²) in [4.78, 5) is 37.2. The third-order valence-electron chi connectivity index (χ3n) is 13.2. The number of rotatable bonds is 21. The molecule has 2 aromatic carbocycles. The van der Waals surface area contributed by atoms with Crippen molar-refractivity contribution in [3.63, 3.8) is 0 Å². The molecule has 7 rings (SSSR count). The van der Waals surface area contributed by atoms with E-state index in [1.165, 1.54) is 30.3 Å². The molecule has 26 nitrogen and oxygen atoms in total. The Morgan fingerprint density at radius 2 is 1.55 bits per heavy atom. The Morgan fingerprint density at radius 3 is 2.25 bits per heavy atom. The Bertz CT molecular complexity index is 2650. The van der Waals surface area contributed by atoms with Gasteiger partial charge in [-0.25, -0.2) is 9.59 Å². The first-order chi connectivity index (χ1) is 35.7. The van der Waals surface area contributed by atoms with Crippen LogP contribution in [0.2, 0.25) is 0 Å². The summed E-state index contributed by atoms with van der Waals surface area (Å²) >= 11 is 5.46. The number of aliphatic carboxylic acids is 1. The first-order valence-corrected chi connectivity index (χ1v) is 24.2. The van der Waals surface area contributed by atoms with Gasteiger partial charge in [0.25, 0.3) is 5.79 Å². The predicted octanol–water partition coefficient (Wildman–Crippen LogP) is -6.18. The van der Waals surface area contributed by atoms with Crippen molar-refractivity contribution in [3.05, 3.63) is 70.4 Å². The van der Waals surface area contributed by atoms with Crippen molar-refractivity contribution in [1.29, 1.82) is 0 Å². The summed E-state index contributed by atoms with van der Waals surface area (Å²) < 4.78 is 39.5. The molecular formula is C48H60N3NaO23S. The van der Waals surface area contributed by atoms with E-state index >= 15 is 0 Å². The van der Waals surface area contributed by atoms with Crippen LogP contribution in [0.4, 0.5) is 5.69 Å². The quantitative estimate of drug-likeness (QED) is 0.0160. The maximum Gasteiger partial charge on any atom is 1.00 e. The van der Waals surface area contributed by atoms with E-state index < -0.39 is 136 Å². The summed E-state index contributed by atoms with van der Waals surface area (Å²) in [6.07, 6.45) is -23.7. The van der Waals surface area contributed by atoms with Crippen molar-refractivity contribution in [1.82, 2.24) is 5.32 Å². The largest absolute Gasteiger partial charge is 1.00 e. The Balaban J connectivity index is 0.00000937. The molecule has 3 saturated heterocycles. The van der Waals surface area contributed by atoms with Gasteiger partial charge in [0.05, 0.1) is 37.5 Å². The molecule has 0 saturated carbocycles. The summed E-state index contributed by atoms with van der Waals surface area (Å²) in [5.41, 5.74) is 7.31. The number of aliphatic hydroxyl groups excluding tert-OH is 10. The summed E-state index contributed by atoms with van der Waals surface area (Å²) in [6.45, 7) is -2.27. The van der Waals surface area contributed by atoms with E-state index in [1.807, 2.05) is 0 Å². The van der Waals surface area contributed by atoms with Crippen molar-refractivity contribution in [2.24, 2.45) is 5.73 Å². The van der Waals surface area contributed by atoms with E-state index in [4.69, 9.17) is 50.8 Å². The van der Waals surface area contributed by atoms with Gasteiger partial charge in [-0.05, 0) is 61.0 Å². The second kappa shape index (κ2) is 26.7. The van der Waals surface area contributed by atoms with E-state index in [9.17, 15) is 80.8 Å². The van der Waals surface area contributed by atoms with Crippen LogP contribution in [0.3, 0.4) is 0 Å². The monoisotopic (exact) mass is 1100 g/mol. The number of benzene rings is 3. The van der Waals surface area contributed by atoms with Crippen molar-refractivity contribution >= 4 is 45.9 Å². The van der Waals surface area contributed by atoms with Crippen LogP contribution in [0.15, 0.2) is 63.8 Å². The number of fused-ring (bicyclic) bond motifs is 2. The number of ether oxygens (including phenoxy) is 6. The number of aromatic carboxylic acids is 1. The van der Waals surface area contributed by atoms with Gasteiger partial charge in [-0.2, -0.15) is 0 Å². The van der Waals surface area contributed by atoms with Gasteiger partial charge in [-0.3, -0.25) is 4.79 Å². The number of nitrogens with two attached hydrogens (primary N) is 1. The number of anilines is 1. The zero-order chi connectivity index (χ0) is 54.5. The number of hydrogen-bond acceptors (Lipinski definition) is 23. The molecule has 2 aromatic rings. The predicted molar refractivity (Wildman–Crippen MR) is 258 cm³/mol. The minimum absolute atomic E-state index is 0. The molecule has 0 radical (unpaired) electrons. The van der Waals surface area contributed by atoms with Gasteiger partial charge in [-0.15, -0.1) is 5.75 Å². The van der Waals surface area contributed by atoms with Crippen LogP contribution in [0.25, 0.3) is 33.4 Å². The smallest absolute Gasteiger partial charge is 0.872 e. The molecule has 412 valence electrons. The third kappa shape index (κ3) is 13.6. The number of carboxylic acid groups (broad SMARTS) is 2. The van der Waals surface area contributed by atoms with Crippen molar-refractivity contribution in [2.75, 3.05) is 38.3 Å². The normalized spacial score (nSPS) is 30.5. The van der Waals surface area contributed by atoms with Crippen LogP contribution < -0.4 is 56.5 Å². The molecule has 16 N–H and O–H groups in total. The SMILES string of the molecule is N[C@H]1[C@H]([C@H](O)[C@H](O)CO)O[C@@](OC[C@H]2O[C@@H](O[C@H]3[C@H](O)[C@@H](O)[C@H](OCCCCCCNC(=S)Nc4ccc(-c5c6ccc(=O)cc-6oc6cc([O-])ccc56)c(C(=O)O)c4)O[C@@H]3CO)[C@H](O)[C@@H](O)[C@H]2O)(C(=O)O)C[C@@H]1O.[Na+]. The first kappa shape index (κ1) is 61.1. The van der Waals surface area contributed by atoms with Gasteiger partial charge in [0, 0.05) is 47.8 Å². The zero-order valence-corrected chi connectivity index (χ0v) is 43.6. The summed E-state index contributed by atoms with van der Waals surface area (Å²) in [7, 11) is 0. The van der Waals surface area contributed by atoms with Crippen molar-refractivity contribution < 1.29 is 138 Å². The summed E-state index contributed by atoms with van der Waals surface area (Å²) in [5, 5.41) is 144. The van der Waals surface area contributed by atoms with Gasteiger partial charge < -0.3 is 116 Å². The average Bonchev–Trinajstić information content (AvgIpc) is 3.41. The first-order valence-electron chi connectivity index (χ1n) is 23.8. The molecule has 16 atom stereocenters. The van der Waals surface area contributed by atoms with Crippen molar-refractivity contribution in [2.45, 2.75) is 130 Å². The second-order valence-electron chi connectivity index (χ2n) is 18.4. The van der Waals surface area contributed by atoms with Gasteiger partial charge in [-0.1, -0.05) is 31.0 Å². The molecule has 1 aliphatic carbocycles. The van der Waals surface area contributed by atoms with Crippen LogP contribution in [0.1, 0.15) is 42.5 Å². The molecule has 3 fully saturated rings. The maximum absolute atomic E-state index is 12.6. The standard InChI is InChI=1S/C48H61N3O23S.Na/c49-34-27(56)16-48(46(66)67,74-42(34)35(58)28(57)17-52)69-19-32-36(59)37(60)39(62)45(72-32)73-41-31(18-53)71-44(40(63)38(41)61)68-12-4-2-1-3-11-50-47(75)51-20-5-8-23(26(13-20)43(64)65)33-24-9-6-21(54)14-29(24)70-30-15-22(55)7-10-25(30)33;/h5-10,13-15,27-28,31-32,34-42,44-45,52-54,56-63H,1-4,11-12,16-19,49H2,(H,64,65)(H,66,67)(H2,50,51,75);/q;+1/p-1/t27-,28+,31+,32+,34+,35+,36-,37-,38+,39+,40+,41+,42+,44+,45-,48+;/m0./s1. The zero-order valence-electron chi connectivity index (χ0n) is 40.8. The molecule has 0 aromatic heterocycles. The van der Waals surface area contributed by atoms with E-state index in [-0.39, 0.29) is 69.4 Å². The minimum atomic E-state index is -2.79. The molecule has 76 heavy (non-hydrogen) atoms. The molecule has 28 heteroatoms. The van der Waals surface area contributed by atoms with Crippen LogP contribution in [0, 0.1) is 0 Å². The number of carbonyl (C=O) groups is 2. The van der Waals surface area contributed by atoms with Gasteiger partial charge >= 0.3 is 41.5 Å². The fraction of sp³-hybridized carbons (Fsp3) is 0.542. The van der Waals surface area contributed by atoms with E-state index in [2.05, 4.69) is 10.6 Å². The molecule has 0 amide bonds. The number of unbranched alkanes of at least 4 members (excludes halogenated alkanes) is 3. The molecule has 0 spiro atoms. The van der Waals surface area contributed by atoms with E-state index in [0.717, 1.165) is 0 Å². The minimum Gasteiger partial charge on any atom is -0.872 e. The fourth-order valence-electron chi connectivity index (χ4n) is 9.11. The van der Waals surface area contributed by atoms with Gasteiger partial charge in [0.2, 0.25) is 0 Å². The number of hydrogen-bond donors (Lipinski definition) is 15. The number of thiocarbonyl (C=S) groups is 1. The topological polar surface area (TPSA) is 436 Å². The Morgan fingerprint density at radius 1 is 0.855 bits per heavy atom. The maximum atomic E-state index is 12.6. The Kier molecular flexibility index (Phi) is 21.5. The number of aliphatic hydroxyl groups is 10. The third-order valence-corrected chi connectivity index (χ3v) is 13.5.